The maximum atomic E-state index is 13.4. The van der Waals surface area contributed by atoms with Gasteiger partial charge in [-0.15, -0.1) is 0 Å². The van der Waals surface area contributed by atoms with E-state index >= 15 is 0 Å². The highest BCUT2D eigenvalue weighted by Gasteiger charge is 2.12. The topological polar surface area (TPSA) is 64.6 Å². The van der Waals surface area contributed by atoms with Crippen LogP contribution in [0.4, 0.5) is 14.5 Å². The van der Waals surface area contributed by atoms with Crippen molar-refractivity contribution < 1.29 is 27.8 Å². The summed E-state index contributed by atoms with van der Waals surface area (Å²) >= 11 is 0. The van der Waals surface area contributed by atoms with Crippen LogP contribution in [0.15, 0.2) is 36.4 Å². The number of carbonyl (C=O) groups excluding carboxylic acids is 2. The molecule has 0 fully saturated rings. The summed E-state index contributed by atoms with van der Waals surface area (Å²) in [5.74, 6) is -2.58. The van der Waals surface area contributed by atoms with Crippen molar-refractivity contribution in [1.29, 1.82) is 0 Å². The lowest BCUT2D eigenvalue weighted by atomic mass is 10.1. The quantitative estimate of drug-likeness (QED) is 0.814. The summed E-state index contributed by atoms with van der Waals surface area (Å²) in [6, 6.07) is 8.28. The zero-order chi connectivity index (χ0) is 18.4. The predicted molar refractivity (Wildman–Crippen MR) is 87.4 cm³/mol. The molecule has 0 aliphatic heterocycles. The second-order valence-electron chi connectivity index (χ2n) is 5.34. The molecule has 0 aliphatic rings. The molecule has 1 N–H and O–H groups in total. The number of aryl methyl sites for hydroxylation is 2. The van der Waals surface area contributed by atoms with Gasteiger partial charge in [-0.3, -0.25) is 4.79 Å². The molecule has 0 saturated carbocycles. The zero-order valence-corrected chi connectivity index (χ0v) is 13.8. The number of para-hydroxylation sites is 1. The van der Waals surface area contributed by atoms with E-state index < -0.39 is 30.1 Å². The fourth-order valence-corrected chi connectivity index (χ4v) is 2.12. The average molecular weight is 349 g/mol. The largest absolute Gasteiger partial charge is 0.481 e. The van der Waals surface area contributed by atoms with Crippen LogP contribution >= 0.6 is 0 Å². The summed E-state index contributed by atoms with van der Waals surface area (Å²) in [5, 5.41) is 2.19. The Hall–Kier alpha value is -2.96. The number of anilines is 1. The van der Waals surface area contributed by atoms with Gasteiger partial charge in [-0.05, 0) is 37.1 Å². The predicted octanol–water partition coefficient (Wildman–Crippen LogP) is 3.14. The van der Waals surface area contributed by atoms with E-state index in [-0.39, 0.29) is 12.3 Å². The highest BCUT2D eigenvalue weighted by molar-refractivity contribution is 5.92. The summed E-state index contributed by atoms with van der Waals surface area (Å²) in [4.78, 5) is 23.3. The van der Waals surface area contributed by atoms with Crippen molar-refractivity contribution >= 4 is 17.6 Å². The van der Waals surface area contributed by atoms with Crippen molar-refractivity contribution in [2.45, 2.75) is 13.8 Å². The number of benzene rings is 2. The first-order chi connectivity index (χ1) is 11.9. The number of hydrogen-bond donors (Lipinski definition) is 1. The highest BCUT2D eigenvalue weighted by atomic mass is 19.1. The zero-order valence-electron chi connectivity index (χ0n) is 13.8. The van der Waals surface area contributed by atoms with Crippen LogP contribution in [0.25, 0.3) is 0 Å². The van der Waals surface area contributed by atoms with Gasteiger partial charge in [0.1, 0.15) is 17.4 Å². The van der Waals surface area contributed by atoms with E-state index in [1.54, 1.807) is 0 Å². The number of ether oxygens (including phenoxy) is 2. The molecule has 132 valence electrons. The molecule has 0 heterocycles. The number of esters is 1. The first-order valence-electron chi connectivity index (χ1n) is 7.46. The van der Waals surface area contributed by atoms with Gasteiger partial charge in [0, 0.05) is 6.07 Å². The Kier molecular flexibility index (Phi) is 6.05. The lowest BCUT2D eigenvalue weighted by Crippen LogP contribution is -2.24. The number of amides is 1. The maximum absolute atomic E-state index is 13.4. The monoisotopic (exact) mass is 349 g/mol. The van der Waals surface area contributed by atoms with E-state index in [0.29, 0.717) is 11.8 Å². The summed E-state index contributed by atoms with van der Waals surface area (Å²) < 4.78 is 36.4. The van der Waals surface area contributed by atoms with E-state index in [1.807, 2.05) is 32.0 Å². The van der Waals surface area contributed by atoms with E-state index in [9.17, 15) is 18.4 Å². The van der Waals surface area contributed by atoms with Crippen molar-refractivity contribution in [3.05, 3.63) is 59.2 Å². The minimum Gasteiger partial charge on any atom is -0.481 e. The van der Waals surface area contributed by atoms with Crippen molar-refractivity contribution in [3.63, 3.8) is 0 Å². The lowest BCUT2D eigenvalue weighted by Gasteiger charge is -2.11. The van der Waals surface area contributed by atoms with Crippen LogP contribution < -0.4 is 10.1 Å². The minimum absolute atomic E-state index is 0.200. The summed E-state index contributed by atoms with van der Waals surface area (Å²) in [6.07, 6.45) is 0. The number of halogens is 2. The number of nitrogens with one attached hydrogen (secondary N) is 1. The van der Waals surface area contributed by atoms with Crippen LogP contribution in [-0.4, -0.2) is 25.1 Å². The second kappa shape index (κ2) is 8.23. The molecular weight excluding hydrogens is 332 g/mol. The van der Waals surface area contributed by atoms with Gasteiger partial charge in [0.05, 0.1) is 5.69 Å². The standard InChI is InChI=1S/C18H17F2NO4/c1-11-4-3-5-12(2)18(11)25-10-17(23)24-9-16(22)21-15-7-6-13(19)8-14(15)20/h3-8H,9-10H2,1-2H3,(H,21,22). The molecule has 1 amide bonds. The molecule has 0 saturated heterocycles. The van der Waals surface area contributed by atoms with Crippen LogP contribution in [0.2, 0.25) is 0 Å². The van der Waals surface area contributed by atoms with Crippen LogP contribution in [-0.2, 0) is 14.3 Å². The molecule has 0 spiro atoms. The Labute approximate surface area is 143 Å². The Morgan fingerprint density at radius 3 is 2.36 bits per heavy atom. The van der Waals surface area contributed by atoms with E-state index in [4.69, 9.17) is 9.47 Å². The minimum atomic E-state index is -0.918. The third kappa shape index (κ3) is 5.27. The molecule has 0 atom stereocenters. The van der Waals surface area contributed by atoms with Crippen LogP contribution in [0.5, 0.6) is 5.75 Å². The van der Waals surface area contributed by atoms with Gasteiger partial charge in [0.25, 0.3) is 5.91 Å². The van der Waals surface area contributed by atoms with E-state index in [2.05, 4.69) is 5.32 Å². The molecule has 2 aromatic rings. The second-order valence-corrected chi connectivity index (χ2v) is 5.34. The molecule has 0 unspecified atom stereocenters. The molecule has 5 nitrogen and oxygen atoms in total. The van der Waals surface area contributed by atoms with Gasteiger partial charge in [-0.2, -0.15) is 0 Å². The molecule has 0 bridgehead atoms. The van der Waals surface area contributed by atoms with Gasteiger partial charge >= 0.3 is 5.97 Å². The van der Waals surface area contributed by atoms with Crippen molar-refractivity contribution in [2.24, 2.45) is 0 Å². The van der Waals surface area contributed by atoms with Crippen LogP contribution in [0.1, 0.15) is 11.1 Å². The molecule has 0 radical (unpaired) electrons. The fraction of sp³-hybridized carbons (Fsp3) is 0.222. The summed E-state index contributed by atoms with van der Waals surface area (Å²) in [7, 11) is 0. The molecule has 7 heteroatoms. The summed E-state index contributed by atoms with van der Waals surface area (Å²) in [5.41, 5.74) is 1.55. The molecule has 0 aliphatic carbocycles. The van der Waals surface area contributed by atoms with Gasteiger partial charge in [0.15, 0.2) is 13.2 Å². The molecule has 2 aromatic carbocycles. The van der Waals surface area contributed by atoms with E-state index in [1.165, 1.54) is 0 Å². The van der Waals surface area contributed by atoms with Crippen LogP contribution in [0.3, 0.4) is 0 Å². The van der Waals surface area contributed by atoms with Gasteiger partial charge in [0.2, 0.25) is 0 Å². The molecule has 25 heavy (non-hydrogen) atoms. The Bertz CT molecular complexity index is 772. The van der Waals surface area contributed by atoms with Gasteiger partial charge < -0.3 is 14.8 Å². The average Bonchev–Trinajstić information content (AvgIpc) is 2.55. The first kappa shape index (κ1) is 18.4. The van der Waals surface area contributed by atoms with Crippen molar-refractivity contribution in [3.8, 4) is 5.75 Å². The fourth-order valence-electron chi connectivity index (χ4n) is 2.12. The third-order valence-corrected chi connectivity index (χ3v) is 3.31. The molecule has 2 rings (SSSR count). The number of hydrogen-bond acceptors (Lipinski definition) is 4. The van der Waals surface area contributed by atoms with Gasteiger partial charge in [-0.1, -0.05) is 18.2 Å². The van der Waals surface area contributed by atoms with Crippen molar-refractivity contribution in [2.75, 3.05) is 18.5 Å². The molecule has 0 aromatic heterocycles. The van der Waals surface area contributed by atoms with Crippen LogP contribution in [0, 0.1) is 25.5 Å². The smallest absolute Gasteiger partial charge is 0.344 e. The normalized spacial score (nSPS) is 10.2. The van der Waals surface area contributed by atoms with Gasteiger partial charge in [-0.25, -0.2) is 13.6 Å². The van der Waals surface area contributed by atoms with Crippen molar-refractivity contribution in [1.82, 2.24) is 0 Å². The lowest BCUT2D eigenvalue weighted by molar-refractivity contribution is -0.149. The number of rotatable bonds is 6. The Morgan fingerprint density at radius 1 is 1.04 bits per heavy atom. The van der Waals surface area contributed by atoms with E-state index in [0.717, 1.165) is 23.3 Å². The first-order valence-corrected chi connectivity index (χ1v) is 7.46. The highest BCUT2D eigenvalue weighted by Crippen LogP contribution is 2.22. The maximum Gasteiger partial charge on any atom is 0.344 e. The third-order valence-electron chi connectivity index (χ3n) is 3.31. The number of carbonyl (C=O) groups is 2. The Balaban J connectivity index is 1.80. The molecular formula is C18H17F2NO4. The Morgan fingerprint density at radius 2 is 1.72 bits per heavy atom. The summed E-state index contributed by atoms with van der Waals surface area (Å²) in [6.45, 7) is 2.73. The SMILES string of the molecule is Cc1cccc(C)c1OCC(=O)OCC(=O)Nc1ccc(F)cc1F.